The van der Waals surface area contributed by atoms with Gasteiger partial charge in [0.05, 0.1) is 0 Å². The van der Waals surface area contributed by atoms with Gasteiger partial charge in [0.15, 0.2) is 0 Å². The first-order valence-electron chi connectivity index (χ1n) is 7.76. The van der Waals surface area contributed by atoms with E-state index in [0.717, 1.165) is 31.6 Å². The Labute approximate surface area is 126 Å². The van der Waals surface area contributed by atoms with Crippen molar-refractivity contribution in [2.24, 2.45) is 0 Å². The number of nitrogens with zero attached hydrogens (tertiary/aromatic N) is 1. The molecule has 116 valence electrons. The molecule has 4 nitrogen and oxygen atoms in total. The number of hydrogen-bond donors (Lipinski definition) is 1. The molecule has 0 aromatic heterocycles. The van der Waals surface area contributed by atoms with Crippen LogP contribution in [0.5, 0.6) is 5.75 Å². The molecule has 1 aromatic carbocycles. The molecule has 1 aromatic rings. The Hall–Kier alpha value is -1.55. The molecule has 0 radical (unpaired) electrons. The third kappa shape index (κ3) is 3.56. The minimum absolute atomic E-state index is 0.530. The molecular weight excluding hydrogens is 266 g/mol. The molecule has 1 N–H and O–H groups in total. The summed E-state index contributed by atoms with van der Waals surface area (Å²) in [5.74, 6) is 0.169. The zero-order valence-electron chi connectivity index (χ0n) is 13.0. The summed E-state index contributed by atoms with van der Waals surface area (Å²) in [6.07, 6.45) is 3.31. The second-order valence-electron chi connectivity index (χ2n) is 5.84. The van der Waals surface area contributed by atoms with Crippen LogP contribution < -0.4 is 4.74 Å². The number of ether oxygens (including phenoxy) is 1. The average molecular weight is 291 g/mol. The smallest absolute Gasteiger partial charge is 0.324 e. The second kappa shape index (κ2) is 6.94. The van der Waals surface area contributed by atoms with Gasteiger partial charge in [-0.2, -0.15) is 0 Å². The van der Waals surface area contributed by atoms with E-state index in [2.05, 4.69) is 4.90 Å². The highest BCUT2D eigenvalue weighted by Crippen LogP contribution is 2.33. The van der Waals surface area contributed by atoms with Gasteiger partial charge in [0.25, 0.3) is 0 Å². The van der Waals surface area contributed by atoms with E-state index >= 15 is 0 Å². The largest absolute Gasteiger partial charge is 0.492 e. The third-order valence-electron chi connectivity index (χ3n) is 4.30. The predicted octanol–water partition coefficient (Wildman–Crippen LogP) is 3.09. The molecule has 1 unspecified atom stereocenters. The highest BCUT2D eigenvalue weighted by Gasteiger charge is 2.46. The summed E-state index contributed by atoms with van der Waals surface area (Å²) >= 11 is 0. The average Bonchev–Trinajstić information content (AvgIpc) is 2.84. The van der Waals surface area contributed by atoms with Crippen molar-refractivity contribution in [2.45, 2.75) is 45.1 Å². The minimum atomic E-state index is -0.683. The van der Waals surface area contributed by atoms with E-state index in [-0.39, 0.29) is 0 Å². The lowest BCUT2D eigenvalue weighted by Crippen LogP contribution is -2.51. The number of aryl methyl sites for hydroxylation is 1. The Bertz CT molecular complexity index is 489. The summed E-state index contributed by atoms with van der Waals surface area (Å²) in [4.78, 5) is 13.8. The fourth-order valence-electron chi connectivity index (χ4n) is 3.28. The highest BCUT2D eigenvalue weighted by atomic mass is 16.5. The van der Waals surface area contributed by atoms with Crippen molar-refractivity contribution in [3.05, 3.63) is 29.8 Å². The molecule has 0 bridgehead atoms. The van der Waals surface area contributed by atoms with Crippen molar-refractivity contribution >= 4 is 5.97 Å². The lowest BCUT2D eigenvalue weighted by atomic mass is 9.91. The van der Waals surface area contributed by atoms with Crippen molar-refractivity contribution in [3.8, 4) is 5.75 Å². The number of carbonyl (C=O) groups is 1. The van der Waals surface area contributed by atoms with E-state index in [1.54, 1.807) is 0 Å². The molecule has 1 atom stereocenters. The Morgan fingerprint density at radius 1 is 1.48 bits per heavy atom. The first kappa shape index (κ1) is 15.8. The number of benzene rings is 1. The fraction of sp³-hybridized carbons (Fsp3) is 0.588. The Morgan fingerprint density at radius 2 is 2.29 bits per heavy atom. The number of rotatable bonds is 7. The van der Waals surface area contributed by atoms with Crippen LogP contribution in [-0.2, 0) is 4.79 Å². The molecule has 0 aliphatic carbocycles. The summed E-state index contributed by atoms with van der Waals surface area (Å²) < 4.78 is 5.77. The van der Waals surface area contributed by atoms with Crippen molar-refractivity contribution in [1.82, 2.24) is 4.90 Å². The first-order chi connectivity index (χ1) is 10.1. The Morgan fingerprint density at radius 3 is 2.95 bits per heavy atom. The molecule has 0 spiro atoms. The summed E-state index contributed by atoms with van der Waals surface area (Å²) in [5, 5.41) is 9.64. The third-order valence-corrected chi connectivity index (χ3v) is 4.30. The van der Waals surface area contributed by atoms with E-state index in [0.29, 0.717) is 19.6 Å². The van der Waals surface area contributed by atoms with Gasteiger partial charge in [-0.15, -0.1) is 0 Å². The van der Waals surface area contributed by atoms with Gasteiger partial charge in [0.2, 0.25) is 0 Å². The second-order valence-corrected chi connectivity index (χ2v) is 5.84. The normalized spacial score (nSPS) is 22.4. The fourth-order valence-corrected chi connectivity index (χ4v) is 3.28. The van der Waals surface area contributed by atoms with Gasteiger partial charge in [-0.1, -0.05) is 25.5 Å². The van der Waals surface area contributed by atoms with Crippen LogP contribution in [0, 0.1) is 6.92 Å². The highest BCUT2D eigenvalue weighted by molar-refractivity contribution is 5.79. The van der Waals surface area contributed by atoms with Crippen LogP contribution in [0.15, 0.2) is 24.3 Å². The van der Waals surface area contributed by atoms with Crippen LogP contribution in [0.4, 0.5) is 0 Å². The number of hydrogen-bond acceptors (Lipinski definition) is 3. The maximum absolute atomic E-state index is 11.7. The molecule has 0 saturated carbocycles. The van der Waals surface area contributed by atoms with Gasteiger partial charge in [0, 0.05) is 6.54 Å². The van der Waals surface area contributed by atoms with E-state index in [1.165, 1.54) is 5.56 Å². The standard InChI is InChI=1S/C17H25NO3/c1-3-8-17(16(19)20)9-5-10-18(17)11-12-21-15-7-4-6-14(2)13-15/h4,6-7,13H,3,5,8-12H2,1-2H3,(H,19,20). The summed E-state index contributed by atoms with van der Waals surface area (Å²) in [6.45, 7) is 6.13. The lowest BCUT2D eigenvalue weighted by Gasteiger charge is -2.34. The molecule has 1 aliphatic rings. The number of aliphatic carboxylic acids is 1. The van der Waals surface area contributed by atoms with Gasteiger partial charge >= 0.3 is 5.97 Å². The summed E-state index contributed by atoms with van der Waals surface area (Å²) in [7, 11) is 0. The van der Waals surface area contributed by atoms with Crippen molar-refractivity contribution in [2.75, 3.05) is 19.7 Å². The maximum atomic E-state index is 11.7. The van der Waals surface area contributed by atoms with Crippen LogP contribution in [0.3, 0.4) is 0 Å². The first-order valence-corrected chi connectivity index (χ1v) is 7.76. The monoisotopic (exact) mass is 291 g/mol. The lowest BCUT2D eigenvalue weighted by molar-refractivity contribution is -0.150. The van der Waals surface area contributed by atoms with Crippen LogP contribution in [0.2, 0.25) is 0 Å². The number of likely N-dealkylation sites (tertiary alicyclic amines) is 1. The number of carboxylic acid groups (broad SMARTS) is 1. The van der Waals surface area contributed by atoms with E-state index < -0.39 is 11.5 Å². The van der Waals surface area contributed by atoms with Gasteiger partial charge in [-0.25, -0.2) is 0 Å². The summed E-state index contributed by atoms with van der Waals surface area (Å²) in [6, 6.07) is 7.94. The molecule has 1 heterocycles. The van der Waals surface area contributed by atoms with E-state index in [4.69, 9.17) is 4.74 Å². The molecule has 21 heavy (non-hydrogen) atoms. The van der Waals surface area contributed by atoms with Gasteiger partial charge < -0.3 is 9.84 Å². The number of carboxylic acids is 1. The maximum Gasteiger partial charge on any atom is 0.324 e. The predicted molar refractivity (Wildman–Crippen MR) is 82.8 cm³/mol. The van der Waals surface area contributed by atoms with E-state index in [1.807, 2.05) is 38.1 Å². The topological polar surface area (TPSA) is 49.8 Å². The summed E-state index contributed by atoms with van der Waals surface area (Å²) in [5.41, 5.74) is 0.490. The molecule has 1 aliphatic heterocycles. The van der Waals surface area contributed by atoms with Crippen molar-refractivity contribution in [3.63, 3.8) is 0 Å². The SMILES string of the molecule is CCCC1(C(=O)O)CCCN1CCOc1cccc(C)c1. The molecule has 1 fully saturated rings. The molecule has 4 heteroatoms. The van der Waals surface area contributed by atoms with Crippen LogP contribution in [0.1, 0.15) is 38.2 Å². The van der Waals surface area contributed by atoms with Gasteiger partial charge in [0.1, 0.15) is 17.9 Å². The van der Waals surface area contributed by atoms with Crippen LogP contribution >= 0.6 is 0 Å². The zero-order chi connectivity index (χ0) is 15.3. The van der Waals surface area contributed by atoms with Crippen molar-refractivity contribution in [1.29, 1.82) is 0 Å². The van der Waals surface area contributed by atoms with Gasteiger partial charge in [-0.05, 0) is 50.4 Å². The Balaban J connectivity index is 1.93. The Kier molecular flexibility index (Phi) is 5.23. The minimum Gasteiger partial charge on any atom is -0.492 e. The zero-order valence-corrected chi connectivity index (χ0v) is 13.0. The molecular formula is C17H25NO3. The van der Waals surface area contributed by atoms with Crippen LogP contribution in [-0.4, -0.2) is 41.2 Å². The van der Waals surface area contributed by atoms with Gasteiger partial charge in [-0.3, -0.25) is 9.69 Å². The quantitative estimate of drug-likeness (QED) is 0.838. The molecule has 1 saturated heterocycles. The van der Waals surface area contributed by atoms with Crippen LogP contribution in [0.25, 0.3) is 0 Å². The molecule has 0 amide bonds. The van der Waals surface area contributed by atoms with E-state index in [9.17, 15) is 9.90 Å². The molecule has 2 rings (SSSR count). The van der Waals surface area contributed by atoms with Crippen molar-refractivity contribution < 1.29 is 14.6 Å².